The van der Waals surface area contributed by atoms with Crippen LogP contribution in [0.2, 0.25) is 9.36 Å². The molecule has 0 saturated heterocycles. The summed E-state index contributed by atoms with van der Waals surface area (Å²) < 4.78 is 28.0. The summed E-state index contributed by atoms with van der Waals surface area (Å²) in [4.78, 5) is 2.00. The quantitative estimate of drug-likeness (QED) is 0.643. The van der Waals surface area contributed by atoms with E-state index in [1.54, 1.807) is 0 Å². The van der Waals surface area contributed by atoms with Gasteiger partial charge in [0.25, 0.3) is 0 Å². The molecule has 0 atom stereocenters. The molecule has 25 heavy (non-hydrogen) atoms. The van der Waals surface area contributed by atoms with Crippen molar-refractivity contribution in [2.45, 2.75) is 15.7 Å². The van der Waals surface area contributed by atoms with Crippen LogP contribution in [0.1, 0.15) is 5.56 Å². The third kappa shape index (κ3) is 3.27. The Morgan fingerprint density at radius 3 is 2.52 bits per heavy atom. The van der Waals surface area contributed by atoms with Gasteiger partial charge in [0, 0.05) is 17.5 Å². The summed E-state index contributed by atoms with van der Waals surface area (Å²) in [5.41, 5.74) is 1.37. The highest BCUT2D eigenvalue weighted by atomic mass is 35.5. The molecule has 2 heterocycles. The first-order chi connectivity index (χ1) is 11.7. The molecule has 1 aromatic carbocycles. The first kappa shape index (κ1) is 18.5. The average Bonchev–Trinajstić information content (AvgIpc) is 3.04. The first-order valence-corrected chi connectivity index (χ1v) is 10.5. The van der Waals surface area contributed by atoms with E-state index >= 15 is 0 Å². The summed E-state index contributed by atoms with van der Waals surface area (Å²) in [5.74, 6) is 6.18. The van der Waals surface area contributed by atoms with Gasteiger partial charge in [-0.1, -0.05) is 41.4 Å². The third-order valence-electron chi connectivity index (χ3n) is 3.92. The lowest BCUT2D eigenvalue weighted by molar-refractivity contribution is 0.412. The Morgan fingerprint density at radius 1 is 1.24 bits per heavy atom. The van der Waals surface area contributed by atoms with Gasteiger partial charge in [0.2, 0.25) is 9.84 Å². The SMILES string of the molecule is CN(C)CCc1c(S(=O)(=O)c2cc(Cl)c(Cl)s2)n(N)c2ccccc12. The topological polar surface area (TPSA) is 68.3 Å². The molecule has 0 aliphatic rings. The minimum Gasteiger partial charge on any atom is -0.338 e. The van der Waals surface area contributed by atoms with Crippen molar-refractivity contribution in [2.75, 3.05) is 26.5 Å². The molecule has 2 N–H and O–H groups in total. The molecule has 0 amide bonds. The van der Waals surface area contributed by atoms with E-state index in [4.69, 9.17) is 29.0 Å². The number of nitrogens with zero attached hydrogens (tertiary/aromatic N) is 2. The molecule has 0 bridgehead atoms. The highest BCUT2D eigenvalue weighted by molar-refractivity contribution is 7.93. The van der Waals surface area contributed by atoms with Crippen molar-refractivity contribution >= 4 is 55.3 Å². The maximum Gasteiger partial charge on any atom is 0.233 e. The van der Waals surface area contributed by atoms with Crippen LogP contribution in [0, 0.1) is 0 Å². The first-order valence-electron chi connectivity index (χ1n) is 7.45. The number of nitrogen functional groups attached to an aromatic ring is 1. The van der Waals surface area contributed by atoms with Crippen LogP contribution in [0.5, 0.6) is 0 Å². The Kier molecular flexibility index (Phi) is 5.05. The van der Waals surface area contributed by atoms with Crippen LogP contribution >= 0.6 is 34.5 Å². The van der Waals surface area contributed by atoms with Gasteiger partial charge in [-0.2, -0.15) is 0 Å². The normalized spacial score (nSPS) is 12.4. The van der Waals surface area contributed by atoms with Gasteiger partial charge in [-0.15, -0.1) is 11.3 Å². The second kappa shape index (κ2) is 6.81. The van der Waals surface area contributed by atoms with Crippen molar-refractivity contribution < 1.29 is 8.42 Å². The number of hydrogen-bond acceptors (Lipinski definition) is 5. The summed E-state index contributed by atoms with van der Waals surface area (Å²) in [5, 5.41) is 1.14. The number of rotatable bonds is 5. The largest absolute Gasteiger partial charge is 0.338 e. The second-order valence-electron chi connectivity index (χ2n) is 5.91. The average molecular weight is 418 g/mol. The number of thiophene rings is 1. The van der Waals surface area contributed by atoms with Gasteiger partial charge in [0.15, 0.2) is 5.03 Å². The molecular formula is C16H17Cl2N3O2S2. The van der Waals surface area contributed by atoms with Gasteiger partial charge in [-0.05, 0) is 32.6 Å². The molecule has 0 radical (unpaired) electrons. The van der Waals surface area contributed by atoms with Gasteiger partial charge in [-0.3, -0.25) is 4.68 Å². The van der Waals surface area contributed by atoms with Gasteiger partial charge in [0.05, 0.1) is 10.5 Å². The van der Waals surface area contributed by atoms with Crippen LogP contribution in [0.3, 0.4) is 0 Å². The number of halogens is 2. The molecule has 9 heteroatoms. The molecule has 5 nitrogen and oxygen atoms in total. The monoisotopic (exact) mass is 417 g/mol. The molecule has 0 aliphatic heterocycles. The molecule has 0 spiro atoms. The van der Waals surface area contributed by atoms with Gasteiger partial charge in [0.1, 0.15) is 8.55 Å². The van der Waals surface area contributed by atoms with Gasteiger partial charge < -0.3 is 10.7 Å². The van der Waals surface area contributed by atoms with E-state index in [2.05, 4.69) is 0 Å². The lowest BCUT2D eigenvalue weighted by Crippen LogP contribution is -2.19. The van der Waals surface area contributed by atoms with Crippen LogP contribution in [0.4, 0.5) is 0 Å². The number of para-hydroxylation sites is 1. The van der Waals surface area contributed by atoms with Crippen LogP contribution in [0.25, 0.3) is 10.9 Å². The van der Waals surface area contributed by atoms with Gasteiger partial charge in [-0.25, -0.2) is 8.42 Å². The van der Waals surface area contributed by atoms with Crippen LogP contribution in [-0.4, -0.2) is 38.6 Å². The third-order valence-corrected chi connectivity index (χ3v) is 8.08. The molecular weight excluding hydrogens is 401 g/mol. The van der Waals surface area contributed by atoms with Crippen molar-refractivity contribution in [3.05, 3.63) is 45.3 Å². The predicted octanol–water partition coefficient (Wildman–Crippen LogP) is 3.66. The van der Waals surface area contributed by atoms with Crippen LogP contribution in [0.15, 0.2) is 39.6 Å². The summed E-state index contributed by atoms with van der Waals surface area (Å²) >= 11 is 12.8. The minimum absolute atomic E-state index is 0.0862. The maximum atomic E-state index is 13.2. The van der Waals surface area contributed by atoms with E-state index < -0.39 is 9.84 Å². The molecule has 0 unspecified atom stereocenters. The Hall–Kier alpha value is -1.25. The number of benzene rings is 1. The van der Waals surface area contributed by atoms with Crippen molar-refractivity contribution in [3.8, 4) is 0 Å². The zero-order valence-electron chi connectivity index (χ0n) is 13.7. The number of fused-ring (bicyclic) bond motifs is 1. The summed E-state index contributed by atoms with van der Waals surface area (Å²) in [7, 11) is 0.0356. The van der Waals surface area contributed by atoms with E-state index in [0.717, 1.165) is 16.7 Å². The van der Waals surface area contributed by atoms with E-state index in [-0.39, 0.29) is 18.6 Å². The highest BCUT2D eigenvalue weighted by Crippen LogP contribution is 2.39. The van der Waals surface area contributed by atoms with Crippen molar-refractivity contribution in [2.24, 2.45) is 0 Å². The zero-order chi connectivity index (χ0) is 18.4. The predicted molar refractivity (Wildman–Crippen MR) is 104 cm³/mol. The second-order valence-corrected chi connectivity index (χ2v) is 10.1. The lowest BCUT2D eigenvalue weighted by atomic mass is 10.1. The van der Waals surface area contributed by atoms with Crippen molar-refractivity contribution in [3.63, 3.8) is 0 Å². The smallest absolute Gasteiger partial charge is 0.233 e. The van der Waals surface area contributed by atoms with Crippen molar-refractivity contribution in [1.82, 2.24) is 9.58 Å². The Balaban J connectivity index is 2.27. The van der Waals surface area contributed by atoms with Gasteiger partial charge >= 0.3 is 0 Å². The highest BCUT2D eigenvalue weighted by Gasteiger charge is 2.30. The van der Waals surface area contributed by atoms with E-state index in [0.29, 0.717) is 24.0 Å². The summed E-state index contributed by atoms with van der Waals surface area (Å²) in [6, 6.07) is 8.77. The summed E-state index contributed by atoms with van der Waals surface area (Å²) in [6.07, 6.45) is 0.555. The fraction of sp³-hybridized carbons (Fsp3) is 0.250. The lowest BCUT2D eigenvalue weighted by Gasteiger charge is -2.11. The number of aromatic nitrogens is 1. The Labute approximate surface area is 160 Å². The molecule has 3 rings (SSSR count). The molecule has 2 aromatic heterocycles. The summed E-state index contributed by atoms with van der Waals surface area (Å²) in [6.45, 7) is 0.697. The molecule has 0 aliphatic carbocycles. The van der Waals surface area contributed by atoms with Crippen LogP contribution < -0.4 is 5.84 Å². The van der Waals surface area contributed by atoms with E-state index in [1.165, 1.54) is 10.7 Å². The molecule has 0 fully saturated rings. The van der Waals surface area contributed by atoms with Crippen molar-refractivity contribution in [1.29, 1.82) is 0 Å². The maximum absolute atomic E-state index is 13.2. The number of sulfone groups is 1. The number of hydrogen-bond donors (Lipinski definition) is 1. The van der Waals surface area contributed by atoms with E-state index in [1.807, 2.05) is 43.3 Å². The Morgan fingerprint density at radius 2 is 1.92 bits per heavy atom. The number of nitrogens with two attached hydrogens (primary N) is 1. The standard InChI is InChI=1S/C16H17Cl2N3O2S2/c1-20(2)8-7-11-10-5-3-4-6-13(10)21(19)16(11)25(22,23)14-9-12(17)15(18)24-14/h3-6,9H,7-8,19H2,1-2H3. The molecule has 134 valence electrons. The number of likely N-dealkylation sites (N-methyl/N-ethyl adjacent to an activating group) is 1. The Bertz CT molecular complexity index is 1020. The fourth-order valence-corrected chi connectivity index (χ4v) is 6.32. The molecule has 3 aromatic rings. The molecule has 0 saturated carbocycles. The fourth-order valence-electron chi connectivity index (χ4n) is 2.73. The van der Waals surface area contributed by atoms with Crippen LogP contribution in [-0.2, 0) is 16.3 Å². The zero-order valence-corrected chi connectivity index (χ0v) is 16.8. The van der Waals surface area contributed by atoms with E-state index in [9.17, 15) is 8.42 Å². The minimum atomic E-state index is -3.84.